The summed E-state index contributed by atoms with van der Waals surface area (Å²) in [7, 11) is 0. The van der Waals surface area contributed by atoms with Crippen molar-refractivity contribution >= 4 is 152 Å². The van der Waals surface area contributed by atoms with E-state index in [2.05, 4.69) is 287 Å². The first-order chi connectivity index (χ1) is 69.6. The van der Waals surface area contributed by atoms with Gasteiger partial charge in [0, 0.05) is 71.5 Å². The smallest absolute Gasteiger partial charge is 0.164 e. The second kappa shape index (κ2) is 33.4. The molecule has 23 aromatic carbocycles. The van der Waals surface area contributed by atoms with Crippen molar-refractivity contribution in [1.82, 2.24) is 39.9 Å². The predicted octanol–water partition coefficient (Wildman–Crippen LogP) is 34.5. The third-order valence-electron chi connectivity index (χ3n) is 28.4. The van der Waals surface area contributed by atoms with E-state index in [4.69, 9.17) is 48.7 Å². The van der Waals surface area contributed by atoms with Crippen LogP contribution < -0.4 is 0 Å². The summed E-state index contributed by atoms with van der Waals surface area (Å²) in [6.45, 7) is 4.71. The second-order valence-corrected chi connectivity index (χ2v) is 37.1. The first kappa shape index (κ1) is 81.9. The molecule has 5 heterocycles. The molecule has 28 aromatic rings. The zero-order valence-electron chi connectivity index (χ0n) is 76.8. The van der Waals surface area contributed by atoms with Crippen LogP contribution in [0.4, 0.5) is 0 Å². The Morgan fingerprint density at radius 2 is 0.504 bits per heavy atom. The van der Waals surface area contributed by atoms with Crippen molar-refractivity contribution < 1.29 is 8.83 Å². The van der Waals surface area contributed by atoms with E-state index in [0.29, 0.717) is 34.9 Å². The van der Waals surface area contributed by atoms with Crippen molar-refractivity contribution in [2.45, 2.75) is 19.3 Å². The molecule has 0 spiro atoms. The highest BCUT2D eigenvalue weighted by Gasteiger charge is 2.36. The Labute approximate surface area is 810 Å². The van der Waals surface area contributed by atoms with Crippen LogP contribution in [0.25, 0.3) is 276 Å². The minimum absolute atomic E-state index is 0.0483. The van der Waals surface area contributed by atoms with Crippen LogP contribution >= 0.6 is 0 Å². The molecular formula is C131H82N8O2. The minimum Gasteiger partial charge on any atom is -0.456 e. The number of hydrogen-bond acceptors (Lipinski definition) is 10. The van der Waals surface area contributed by atoms with Gasteiger partial charge in [0.1, 0.15) is 22.3 Å². The summed E-state index contributed by atoms with van der Waals surface area (Å²) in [5, 5.41) is 26.9. The summed E-state index contributed by atoms with van der Waals surface area (Å²) in [6, 6.07) is 162. The Balaban J connectivity index is 0.000000107. The maximum absolute atomic E-state index is 6.21. The highest BCUT2D eigenvalue weighted by molar-refractivity contribution is 6.29. The molecule has 0 saturated carbocycles. The fourth-order valence-electron chi connectivity index (χ4n) is 21.4. The Morgan fingerprint density at radius 1 is 0.163 bits per heavy atom. The number of rotatable bonds is 10. The molecule has 10 heteroatoms. The quantitative estimate of drug-likeness (QED) is 0.122. The molecule has 0 atom stereocenters. The molecule has 0 radical (unpaired) electrons. The number of furan rings is 2. The van der Waals surface area contributed by atoms with E-state index in [-0.39, 0.29) is 5.41 Å². The van der Waals surface area contributed by atoms with Crippen LogP contribution in [-0.2, 0) is 5.41 Å². The molecule has 658 valence electrons. The van der Waals surface area contributed by atoms with Crippen LogP contribution in [0.3, 0.4) is 0 Å². The van der Waals surface area contributed by atoms with Crippen LogP contribution in [0.1, 0.15) is 25.0 Å². The average molecular weight is 1800 g/mol. The van der Waals surface area contributed by atoms with E-state index < -0.39 is 0 Å². The SMILES string of the molecule is CC1(C)c2ccccc2-c2cc3ccc4ccc5cc(-c6cccc(-c7nc(-c8ccccc8)nc(-c8ccccc8)n7)c6)ccc5c4c3cc21.c1ccc(-c2nc(-c3ccccc3)nc(-c3cccc(-c4ccc5c(ccc6ccc7cc8oc9ccccc9c8cc7c65)c4)c3)n2)cc1.c1ccc(-c2nc3ccccc3nc2-c2ccc3c(ccc4ccc5c(ccc6oc7ccccc7c65)c43)c2)cc1. The maximum Gasteiger partial charge on any atom is 0.164 e. The Bertz CT molecular complexity index is 9860. The van der Waals surface area contributed by atoms with Gasteiger partial charge in [0.25, 0.3) is 0 Å². The van der Waals surface area contributed by atoms with Crippen molar-refractivity contribution in [3.8, 4) is 124 Å². The second-order valence-electron chi connectivity index (χ2n) is 37.1. The monoisotopic (exact) mass is 1800 g/mol. The Hall–Kier alpha value is -18.6. The van der Waals surface area contributed by atoms with E-state index in [9.17, 15) is 0 Å². The van der Waals surface area contributed by atoms with Gasteiger partial charge in [-0.3, -0.25) is 0 Å². The lowest BCUT2D eigenvalue weighted by molar-refractivity contribution is 0.661. The molecule has 1 aliphatic carbocycles. The standard InChI is InChI=1S/C48H33N3.C45H27N3O.C38H22N2O/c1-48(2)42-19-10-9-18-39(42)41-28-36-23-21-30-20-22-35-26-34(24-25-38(35)44(30)40(36)29-43(41)48)33-16-11-17-37(27-33)47-50-45(31-12-5-3-6-13-31)49-46(51-47)32-14-7-4-8-15-32;1-3-10-29(11-4-1)43-46-44(30-12-5-2-6-13-30)48-45(47-43)35-15-9-14-31(25-35)32-22-23-36-33(24-32)20-18-28-19-21-34-26-41-39(27-38(34)42(28)36)37-16-7-8-17-40(37)49-41;1-2-8-24(9-3-1)37-38(40-32-12-6-5-11-31(32)39-37)26-17-18-27-25(22-26)15-14-23-16-19-29-28(35(23)27)20-21-34-36(29)30-10-4-7-13-33(30)41-34/h3-29H,1-2H3;1-27H;1-22H. The third-order valence-corrected chi connectivity index (χ3v) is 28.4. The Kier molecular flexibility index (Phi) is 19.4. The normalized spacial score (nSPS) is 12.2. The van der Waals surface area contributed by atoms with Crippen molar-refractivity contribution in [3.05, 3.63) is 472 Å². The molecule has 29 rings (SSSR count). The molecule has 5 aromatic heterocycles. The summed E-state index contributed by atoms with van der Waals surface area (Å²) in [6.07, 6.45) is 0. The number of nitrogens with zero attached hydrogens (tertiary/aromatic N) is 8. The molecule has 0 fully saturated rings. The number of benzene rings is 23. The molecule has 0 N–H and O–H groups in total. The van der Waals surface area contributed by atoms with Gasteiger partial charge >= 0.3 is 0 Å². The number of aromatic nitrogens is 8. The van der Waals surface area contributed by atoms with Gasteiger partial charge in [-0.2, -0.15) is 0 Å². The van der Waals surface area contributed by atoms with Gasteiger partial charge in [-0.1, -0.05) is 384 Å². The topological polar surface area (TPSA) is 129 Å². The van der Waals surface area contributed by atoms with E-state index in [0.717, 1.165) is 128 Å². The number of hydrogen-bond donors (Lipinski definition) is 0. The van der Waals surface area contributed by atoms with Gasteiger partial charge in [0.2, 0.25) is 0 Å². The molecule has 0 bridgehead atoms. The maximum atomic E-state index is 6.21. The Morgan fingerprint density at radius 3 is 1.02 bits per heavy atom. The highest BCUT2D eigenvalue weighted by Crippen LogP contribution is 2.52. The van der Waals surface area contributed by atoms with Crippen molar-refractivity contribution in [1.29, 1.82) is 0 Å². The first-order valence-corrected chi connectivity index (χ1v) is 47.8. The van der Waals surface area contributed by atoms with E-state index >= 15 is 0 Å². The van der Waals surface area contributed by atoms with Crippen molar-refractivity contribution in [2.24, 2.45) is 0 Å². The van der Waals surface area contributed by atoms with E-state index in [1.165, 1.54) is 125 Å². The van der Waals surface area contributed by atoms with Crippen molar-refractivity contribution in [3.63, 3.8) is 0 Å². The lowest BCUT2D eigenvalue weighted by Gasteiger charge is -2.22. The van der Waals surface area contributed by atoms with Crippen LogP contribution in [0, 0.1) is 0 Å². The molecule has 0 amide bonds. The zero-order valence-corrected chi connectivity index (χ0v) is 76.8. The molecule has 0 aliphatic heterocycles. The summed E-state index contributed by atoms with van der Waals surface area (Å²) >= 11 is 0. The summed E-state index contributed by atoms with van der Waals surface area (Å²) < 4.78 is 12.4. The number of para-hydroxylation sites is 4. The van der Waals surface area contributed by atoms with Crippen LogP contribution in [0.5, 0.6) is 0 Å². The molecule has 10 nitrogen and oxygen atoms in total. The lowest BCUT2D eigenvalue weighted by atomic mass is 9.81. The summed E-state index contributed by atoms with van der Waals surface area (Å²) in [5.41, 5.74) is 25.1. The van der Waals surface area contributed by atoms with Gasteiger partial charge in [0.15, 0.2) is 34.9 Å². The lowest BCUT2D eigenvalue weighted by Crippen LogP contribution is -2.14. The fraction of sp³-hybridized carbons (Fsp3) is 0.0229. The molecule has 0 unspecified atom stereocenters. The highest BCUT2D eigenvalue weighted by atomic mass is 16.3. The molecule has 0 saturated heterocycles. The van der Waals surface area contributed by atoms with Gasteiger partial charge in [-0.05, 0) is 232 Å². The zero-order chi connectivity index (χ0) is 93.3. The molecular weight excluding hydrogens is 1720 g/mol. The molecule has 141 heavy (non-hydrogen) atoms. The third kappa shape index (κ3) is 14.3. The number of fused-ring (bicyclic) bond motifs is 26. The summed E-state index contributed by atoms with van der Waals surface area (Å²) in [5.74, 6) is 3.92. The van der Waals surface area contributed by atoms with E-state index in [1.54, 1.807) is 0 Å². The molecule has 1 aliphatic rings. The predicted molar refractivity (Wildman–Crippen MR) is 583 cm³/mol. The van der Waals surface area contributed by atoms with Gasteiger partial charge < -0.3 is 8.83 Å². The van der Waals surface area contributed by atoms with Gasteiger partial charge in [-0.25, -0.2) is 39.9 Å². The first-order valence-electron chi connectivity index (χ1n) is 47.8. The largest absolute Gasteiger partial charge is 0.456 e. The van der Waals surface area contributed by atoms with Crippen molar-refractivity contribution in [2.75, 3.05) is 0 Å². The van der Waals surface area contributed by atoms with Crippen LogP contribution in [0.2, 0.25) is 0 Å². The average Bonchev–Trinajstić information content (AvgIpc) is 1.60. The van der Waals surface area contributed by atoms with Gasteiger partial charge in [0.05, 0.1) is 22.4 Å². The van der Waals surface area contributed by atoms with E-state index in [1.807, 2.05) is 188 Å². The van der Waals surface area contributed by atoms with Gasteiger partial charge in [-0.15, -0.1) is 0 Å². The summed E-state index contributed by atoms with van der Waals surface area (Å²) in [4.78, 5) is 39.8. The van der Waals surface area contributed by atoms with Crippen LogP contribution in [0.15, 0.2) is 470 Å². The van der Waals surface area contributed by atoms with Crippen LogP contribution in [-0.4, -0.2) is 39.9 Å². The minimum atomic E-state index is -0.0483. The fourth-order valence-corrected chi connectivity index (χ4v) is 21.4.